The fourth-order valence-corrected chi connectivity index (χ4v) is 5.97. The first-order valence-electron chi connectivity index (χ1n) is 13.2. The van der Waals surface area contributed by atoms with Crippen LogP contribution in [0.3, 0.4) is 0 Å². The molecule has 0 unspecified atom stereocenters. The van der Waals surface area contributed by atoms with Crippen LogP contribution < -0.4 is 0 Å². The number of likely N-dealkylation sites (tertiary alicyclic amines) is 1. The lowest BCUT2D eigenvalue weighted by molar-refractivity contribution is 0.0471. The molecule has 0 atom stereocenters. The number of para-hydroxylation sites is 1. The van der Waals surface area contributed by atoms with Crippen molar-refractivity contribution >= 4 is 45.4 Å². The summed E-state index contributed by atoms with van der Waals surface area (Å²) >= 11 is 6.73. The van der Waals surface area contributed by atoms with Gasteiger partial charge < -0.3 is 19.1 Å². The van der Waals surface area contributed by atoms with E-state index >= 15 is 0 Å². The predicted octanol–water partition coefficient (Wildman–Crippen LogP) is 5.59. The Morgan fingerprint density at radius 1 is 0.923 bits per heavy atom. The Kier molecular flexibility index (Phi) is 5.66. The smallest absolute Gasteiger partial charge is 0.335 e. The van der Waals surface area contributed by atoms with Gasteiger partial charge in [0.15, 0.2) is 5.82 Å². The summed E-state index contributed by atoms with van der Waals surface area (Å²) in [6.07, 6.45) is 5.70. The number of fused-ring (bicyclic) bond motifs is 2. The fraction of sp³-hybridized carbons (Fsp3) is 0.267. The van der Waals surface area contributed by atoms with Crippen molar-refractivity contribution in [3.05, 3.63) is 83.1 Å². The number of aromatic carboxylic acids is 1. The maximum absolute atomic E-state index is 12.9. The van der Waals surface area contributed by atoms with Crippen molar-refractivity contribution in [2.45, 2.75) is 25.9 Å². The number of hydrogen-bond acceptors (Lipinski definition) is 4. The second-order valence-corrected chi connectivity index (χ2v) is 11.0. The van der Waals surface area contributed by atoms with Crippen molar-refractivity contribution < 1.29 is 14.7 Å². The number of rotatable bonds is 7. The van der Waals surface area contributed by atoms with Gasteiger partial charge in [0, 0.05) is 61.0 Å². The summed E-state index contributed by atoms with van der Waals surface area (Å²) in [6.45, 7) is 2.77. The fourth-order valence-electron chi connectivity index (χ4n) is 5.65. The average molecular weight is 540 g/mol. The lowest BCUT2D eigenvalue weighted by Gasteiger charge is -2.39. The van der Waals surface area contributed by atoms with E-state index in [0.717, 1.165) is 34.5 Å². The predicted molar refractivity (Wildman–Crippen MR) is 149 cm³/mol. The number of aromatic nitrogens is 4. The summed E-state index contributed by atoms with van der Waals surface area (Å²) in [5.41, 5.74) is 4.18. The van der Waals surface area contributed by atoms with Gasteiger partial charge in [0.25, 0.3) is 5.91 Å². The van der Waals surface area contributed by atoms with E-state index in [4.69, 9.17) is 16.6 Å². The van der Waals surface area contributed by atoms with E-state index in [-0.39, 0.29) is 17.4 Å². The maximum Gasteiger partial charge on any atom is 0.335 e. The quantitative estimate of drug-likeness (QED) is 0.291. The molecule has 9 heteroatoms. The van der Waals surface area contributed by atoms with Gasteiger partial charge in [-0.25, -0.2) is 9.78 Å². The molecule has 3 aromatic heterocycles. The summed E-state index contributed by atoms with van der Waals surface area (Å²) in [5, 5.41) is 11.1. The van der Waals surface area contributed by atoms with Gasteiger partial charge in [0.05, 0.1) is 27.3 Å². The third-order valence-corrected chi connectivity index (χ3v) is 8.12. The van der Waals surface area contributed by atoms with Crippen LogP contribution in [0.5, 0.6) is 0 Å². The lowest BCUT2D eigenvalue weighted by Crippen LogP contribution is -2.51. The van der Waals surface area contributed by atoms with Crippen LogP contribution in [0.25, 0.3) is 33.5 Å². The average Bonchev–Trinajstić information content (AvgIpc) is 3.56. The van der Waals surface area contributed by atoms with E-state index in [1.807, 2.05) is 11.0 Å². The van der Waals surface area contributed by atoms with Gasteiger partial charge in [0.1, 0.15) is 0 Å². The summed E-state index contributed by atoms with van der Waals surface area (Å²) in [7, 11) is 0. The minimum atomic E-state index is -1.04. The van der Waals surface area contributed by atoms with E-state index in [1.54, 1.807) is 30.6 Å². The topological polar surface area (TPSA) is 93.2 Å². The maximum atomic E-state index is 12.9. The molecule has 2 aromatic carbocycles. The van der Waals surface area contributed by atoms with Gasteiger partial charge in [-0.15, -0.1) is 0 Å². The van der Waals surface area contributed by atoms with E-state index in [9.17, 15) is 14.7 Å². The molecular weight excluding hydrogens is 514 g/mol. The molecule has 7 rings (SSSR count). The molecule has 1 aliphatic heterocycles. The van der Waals surface area contributed by atoms with Gasteiger partial charge in [-0.1, -0.05) is 29.8 Å². The molecule has 4 heterocycles. The Bertz CT molecular complexity index is 1750. The zero-order valence-electron chi connectivity index (χ0n) is 21.1. The van der Waals surface area contributed by atoms with E-state index in [1.165, 1.54) is 18.9 Å². The summed E-state index contributed by atoms with van der Waals surface area (Å²) in [5.74, 6) is 0.590. The highest BCUT2D eigenvalue weighted by atomic mass is 35.5. The number of imidazole rings is 1. The van der Waals surface area contributed by atoms with Crippen LogP contribution in [-0.4, -0.2) is 54.1 Å². The van der Waals surface area contributed by atoms with Gasteiger partial charge in [-0.05, 0) is 55.2 Å². The molecule has 1 saturated heterocycles. The monoisotopic (exact) mass is 539 g/mol. The number of benzene rings is 2. The van der Waals surface area contributed by atoms with Crippen LogP contribution in [0.4, 0.5) is 0 Å². The minimum Gasteiger partial charge on any atom is -0.478 e. The number of nitrogens with zero attached hydrogens (tertiary/aromatic N) is 5. The molecule has 1 aliphatic carbocycles. The van der Waals surface area contributed by atoms with E-state index in [0.29, 0.717) is 41.7 Å². The first kappa shape index (κ1) is 23.9. The number of halogens is 1. The molecule has 2 aliphatic rings. The summed E-state index contributed by atoms with van der Waals surface area (Å²) in [4.78, 5) is 35.5. The van der Waals surface area contributed by atoms with Gasteiger partial charge in [-0.2, -0.15) is 0 Å². The SMILES string of the molecule is O=C(O)c1cc(Cl)c2c(c1)nc(-c1cc3ccccc3n1CC1CC1)n2CC1CN(C(=O)c2ccncc2)C1. The van der Waals surface area contributed by atoms with Gasteiger partial charge >= 0.3 is 5.97 Å². The summed E-state index contributed by atoms with van der Waals surface area (Å²) in [6, 6.07) is 17.1. The molecule has 0 radical (unpaired) electrons. The summed E-state index contributed by atoms with van der Waals surface area (Å²) < 4.78 is 4.47. The van der Waals surface area contributed by atoms with Crippen molar-refractivity contribution in [1.29, 1.82) is 0 Å². The standard InChI is InChI=1S/C30H26ClN5O3/c31-23-11-22(30(38)39)12-24-27(23)36(17-19-14-34(15-19)29(37)20-7-9-32-10-8-20)28(33-24)26-13-21-3-1-2-4-25(21)35(26)16-18-5-6-18/h1-4,7-13,18-19H,5-6,14-17H2,(H,38,39). The molecule has 39 heavy (non-hydrogen) atoms. The van der Waals surface area contributed by atoms with Gasteiger partial charge in [-0.3, -0.25) is 9.78 Å². The molecule has 1 saturated carbocycles. The normalized spacial score (nSPS) is 15.7. The van der Waals surface area contributed by atoms with E-state index < -0.39 is 5.97 Å². The van der Waals surface area contributed by atoms with Gasteiger partial charge in [0.2, 0.25) is 0 Å². The molecule has 1 N–H and O–H groups in total. The van der Waals surface area contributed by atoms with Crippen LogP contribution in [0.15, 0.2) is 67.0 Å². The van der Waals surface area contributed by atoms with Crippen molar-refractivity contribution in [2.24, 2.45) is 11.8 Å². The largest absolute Gasteiger partial charge is 0.478 e. The van der Waals surface area contributed by atoms with Crippen LogP contribution in [-0.2, 0) is 13.1 Å². The number of hydrogen-bond donors (Lipinski definition) is 1. The zero-order valence-corrected chi connectivity index (χ0v) is 21.9. The van der Waals surface area contributed by atoms with Crippen molar-refractivity contribution in [1.82, 2.24) is 24.0 Å². The highest BCUT2D eigenvalue weighted by molar-refractivity contribution is 6.35. The van der Waals surface area contributed by atoms with Crippen LogP contribution in [0, 0.1) is 11.8 Å². The van der Waals surface area contributed by atoms with Crippen molar-refractivity contribution in [2.75, 3.05) is 13.1 Å². The Morgan fingerprint density at radius 3 is 2.41 bits per heavy atom. The molecule has 1 amide bonds. The Labute approximate surface area is 229 Å². The van der Waals surface area contributed by atoms with Crippen LogP contribution in [0.1, 0.15) is 33.6 Å². The molecule has 196 valence electrons. The minimum absolute atomic E-state index is 0.00180. The van der Waals surface area contributed by atoms with Crippen LogP contribution in [0.2, 0.25) is 5.02 Å². The number of carboxylic acids is 1. The molecular formula is C30H26ClN5O3. The first-order valence-corrected chi connectivity index (χ1v) is 13.5. The number of pyridine rings is 1. The molecule has 5 aromatic rings. The second-order valence-electron chi connectivity index (χ2n) is 10.6. The Balaban J connectivity index is 1.30. The van der Waals surface area contributed by atoms with Crippen molar-refractivity contribution in [3.8, 4) is 11.5 Å². The Morgan fingerprint density at radius 2 is 1.67 bits per heavy atom. The van der Waals surface area contributed by atoms with Crippen LogP contribution >= 0.6 is 11.6 Å². The molecule has 0 spiro atoms. The van der Waals surface area contributed by atoms with E-state index in [2.05, 4.69) is 38.4 Å². The van der Waals surface area contributed by atoms with Crippen molar-refractivity contribution in [3.63, 3.8) is 0 Å². The number of carboxylic acid groups (broad SMARTS) is 1. The lowest BCUT2D eigenvalue weighted by atomic mass is 9.98. The molecule has 0 bridgehead atoms. The number of amides is 1. The zero-order chi connectivity index (χ0) is 26.7. The molecule has 2 fully saturated rings. The first-order chi connectivity index (χ1) is 19.0. The highest BCUT2D eigenvalue weighted by Crippen LogP contribution is 2.38. The highest BCUT2D eigenvalue weighted by Gasteiger charge is 2.33. The third-order valence-electron chi connectivity index (χ3n) is 7.83. The molecule has 8 nitrogen and oxygen atoms in total. The third kappa shape index (κ3) is 4.25. The number of carbonyl (C=O) groups is 2. The Hall–Kier alpha value is -4.17. The second kappa shape index (κ2) is 9.24. The number of carbonyl (C=O) groups excluding carboxylic acids is 1.